The van der Waals surface area contributed by atoms with Crippen LogP contribution in [-0.4, -0.2) is 12.4 Å². The summed E-state index contributed by atoms with van der Waals surface area (Å²) in [7, 11) is 0. The van der Waals surface area contributed by atoms with Crippen molar-refractivity contribution in [2.75, 3.05) is 0 Å². The van der Waals surface area contributed by atoms with Crippen LogP contribution in [0.5, 0.6) is 0 Å². The Labute approximate surface area is 67.5 Å². The molecule has 0 aliphatic carbocycles. The van der Waals surface area contributed by atoms with Gasteiger partial charge in [0, 0.05) is 5.56 Å². The summed E-state index contributed by atoms with van der Waals surface area (Å²) in [4.78, 5) is 23.3. The van der Waals surface area contributed by atoms with Crippen molar-refractivity contribution < 1.29 is 14.0 Å². The predicted octanol–water partition coefficient (Wildman–Crippen LogP) is 1.61. The lowest BCUT2D eigenvalue weighted by molar-refractivity contribution is 0.112. The summed E-state index contributed by atoms with van der Waals surface area (Å²) < 4.78 is 12.5. The first kappa shape index (κ1) is 8.30. The molecule has 0 fully saturated rings. The molecule has 0 saturated heterocycles. The maximum absolute atomic E-state index is 12.5. The highest BCUT2D eigenvalue weighted by atomic mass is 19.1. The van der Waals surface area contributed by atoms with E-state index in [1.165, 1.54) is 12.1 Å². The smallest absolute Gasteiger partial charge is 0.240 e. The van der Waals surface area contributed by atoms with Crippen LogP contribution in [0.4, 0.5) is 10.1 Å². The lowest BCUT2D eigenvalue weighted by Gasteiger charge is -1.94. The number of isocyanates is 1. The third-order valence-electron chi connectivity index (χ3n) is 1.28. The highest BCUT2D eigenvalue weighted by molar-refractivity contribution is 5.83. The fourth-order valence-electron chi connectivity index (χ4n) is 0.771. The molecule has 1 aromatic carbocycles. The lowest BCUT2D eigenvalue weighted by Crippen LogP contribution is -1.82. The van der Waals surface area contributed by atoms with Crippen LogP contribution in [0.3, 0.4) is 0 Å². The number of hydrogen-bond acceptors (Lipinski definition) is 3. The van der Waals surface area contributed by atoms with E-state index in [4.69, 9.17) is 0 Å². The zero-order valence-electron chi connectivity index (χ0n) is 5.95. The van der Waals surface area contributed by atoms with E-state index in [2.05, 4.69) is 4.99 Å². The number of carbonyl (C=O) groups excluding carboxylic acids is 2. The summed E-state index contributed by atoms with van der Waals surface area (Å²) >= 11 is 0. The van der Waals surface area contributed by atoms with Gasteiger partial charge < -0.3 is 0 Å². The number of halogens is 1. The first-order valence-corrected chi connectivity index (χ1v) is 3.10. The van der Waals surface area contributed by atoms with Gasteiger partial charge in [0.1, 0.15) is 5.82 Å². The molecular weight excluding hydrogens is 161 g/mol. The van der Waals surface area contributed by atoms with Crippen molar-refractivity contribution in [3.63, 3.8) is 0 Å². The Morgan fingerprint density at radius 2 is 2.25 bits per heavy atom. The molecule has 0 saturated carbocycles. The van der Waals surface area contributed by atoms with Crippen LogP contribution in [0, 0.1) is 5.82 Å². The second-order valence-corrected chi connectivity index (χ2v) is 2.02. The molecule has 0 aromatic heterocycles. The van der Waals surface area contributed by atoms with Gasteiger partial charge >= 0.3 is 0 Å². The Balaban J connectivity index is 3.28. The summed E-state index contributed by atoms with van der Waals surface area (Å²) in [5.74, 6) is -0.540. The van der Waals surface area contributed by atoms with E-state index in [1.807, 2.05) is 0 Å². The summed E-state index contributed by atoms with van der Waals surface area (Å²) in [6.45, 7) is 0. The number of nitrogens with zero attached hydrogens (tertiary/aromatic N) is 1. The van der Waals surface area contributed by atoms with Crippen LogP contribution in [0.25, 0.3) is 0 Å². The fraction of sp³-hybridized carbons (Fsp3) is 0. The van der Waals surface area contributed by atoms with Gasteiger partial charge in [-0.05, 0) is 18.2 Å². The molecule has 0 N–H and O–H groups in total. The highest BCUT2D eigenvalue weighted by Gasteiger charge is 2.00. The van der Waals surface area contributed by atoms with Crippen molar-refractivity contribution in [2.45, 2.75) is 0 Å². The fourth-order valence-corrected chi connectivity index (χ4v) is 0.771. The van der Waals surface area contributed by atoms with E-state index in [-0.39, 0.29) is 11.3 Å². The van der Waals surface area contributed by atoms with Crippen molar-refractivity contribution in [3.05, 3.63) is 29.6 Å². The summed E-state index contributed by atoms with van der Waals surface area (Å²) in [5, 5.41) is 0. The second kappa shape index (κ2) is 3.55. The topological polar surface area (TPSA) is 46.5 Å². The molecule has 12 heavy (non-hydrogen) atoms. The Morgan fingerprint density at radius 1 is 1.50 bits per heavy atom. The number of aliphatic imine (C=N–C) groups is 1. The van der Waals surface area contributed by atoms with E-state index in [1.54, 1.807) is 0 Å². The van der Waals surface area contributed by atoms with E-state index in [9.17, 15) is 14.0 Å². The molecule has 0 spiro atoms. The standard InChI is InChI=1S/C8H4FNO2/c9-7-1-2-8(10-5-12)6(3-7)4-11/h1-4H. The van der Waals surface area contributed by atoms with Gasteiger partial charge in [-0.2, -0.15) is 4.99 Å². The minimum absolute atomic E-state index is 0.0401. The van der Waals surface area contributed by atoms with Gasteiger partial charge in [-0.3, -0.25) is 4.79 Å². The Bertz CT molecular complexity index is 356. The van der Waals surface area contributed by atoms with Crippen molar-refractivity contribution in [1.29, 1.82) is 0 Å². The van der Waals surface area contributed by atoms with Crippen LogP contribution in [-0.2, 0) is 4.79 Å². The zero-order chi connectivity index (χ0) is 8.97. The Kier molecular flexibility index (Phi) is 2.46. The van der Waals surface area contributed by atoms with Crippen molar-refractivity contribution in [2.24, 2.45) is 4.99 Å². The summed E-state index contributed by atoms with van der Waals surface area (Å²) in [6.07, 6.45) is 1.70. The number of benzene rings is 1. The first-order valence-electron chi connectivity index (χ1n) is 3.10. The van der Waals surface area contributed by atoms with Crippen molar-refractivity contribution in [3.8, 4) is 0 Å². The Hall–Kier alpha value is -1.80. The molecule has 0 aliphatic rings. The van der Waals surface area contributed by atoms with Gasteiger partial charge in [0.2, 0.25) is 6.08 Å². The molecule has 60 valence electrons. The maximum Gasteiger partial charge on any atom is 0.240 e. The molecule has 1 aromatic rings. The molecule has 0 bridgehead atoms. The van der Waals surface area contributed by atoms with Crippen molar-refractivity contribution >= 4 is 18.1 Å². The van der Waals surface area contributed by atoms with Crippen LogP contribution in [0.1, 0.15) is 10.4 Å². The van der Waals surface area contributed by atoms with E-state index in [0.29, 0.717) is 6.29 Å². The highest BCUT2D eigenvalue weighted by Crippen LogP contribution is 2.17. The number of aldehydes is 1. The van der Waals surface area contributed by atoms with Gasteiger partial charge in [-0.15, -0.1) is 0 Å². The largest absolute Gasteiger partial charge is 0.298 e. The first-order chi connectivity index (χ1) is 5.77. The maximum atomic E-state index is 12.5. The summed E-state index contributed by atoms with van der Waals surface area (Å²) in [6, 6.07) is 3.36. The zero-order valence-corrected chi connectivity index (χ0v) is 5.95. The van der Waals surface area contributed by atoms with Crippen LogP contribution >= 0.6 is 0 Å². The minimum atomic E-state index is -0.540. The molecule has 0 radical (unpaired) electrons. The SMILES string of the molecule is O=C=Nc1ccc(F)cc1C=O. The molecule has 4 heteroatoms. The third-order valence-corrected chi connectivity index (χ3v) is 1.28. The number of hydrogen-bond donors (Lipinski definition) is 0. The molecule has 0 amide bonds. The predicted molar refractivity (Wildman–Crippen MR) is 39.6 cm³/mol. The molecule has 0 heterocycles. The van der Waals surface area contributed by atoms with Gasteiger partial charge in [0.05, 0.1) is 5.69 Å². The average molecular weight is 165 g/mol. The van der Waals surface area contributed by atoms with Crippen LogP contribution in [0.15, 0.2) is 23.2 Å². The van der Waals surface area contributed by atoms with Gasteiger partial charge in [0.25, 0.3) is 0 Å². The van der Waals surface area contributed by atoms with Crippen LogP contribution in [0.2, 0.25) is 0 Å². The van der Waals surface area contributed by atoms with Gasteiger partial charge in [-0.1, -0.05) is 0 Å². The van der Waals surface area contributed by atoms with Gasteiger partial charge in [0.15, 0.2) is 6.29 Å². The quantitative estimate of drug-likeness (QED) is 0.379. The third kappa shape index (κ3) is 1.62. The molecule has 3 nitrogen and oxygen atoms in total. The number of carbonyl (C=O) groups is 1. The average Bonchev–Trinajstić information content (AvgIpc) is 2.08. The molecule has 1 rings (SSSR count). The molecule has 0 unspecified atom stereocenters. The van der Waals surface area contributed by atoms with Crippen molar-refractivity contribution in [1.82, 2.24) is 0 Å². The molecule has 0 aliphatic heterocycles. The second-order valence-electron chi connectivity index (χ2n) is 2.02. The molecule has 0 atom stereocenters. The van der Waals surface area contributed by atoms with Gasteiger partial charge in [-0.25, -0.2) is 9.18 Å². The lowest BCUT2D eigenvalue weighted by atomic mass is 10.2. The molecular formula is C8H4FNO2. The number of rotatable bonds is 2. The Morgan fingerprint density at radius 3 is 2.83 bits per heavy atom. The van der Waals surface area contributed by atoms with E-state index in [0.717, 1.165) is 12.1 Å². The van der Waals surface area contributed by atoms with E-state index >= 15 is 0 Å². The normalized spacial score (nSPS) is 8.75. The monoisotopic (exact) mass is 165 g/mol. The minimum Gasteiger partial charge on any atom is -0.298 e. The summed E-state index contributed by atoms with van der Waals surface area (Å²) in [5.41, 5.74) is 0.166. The van der Waals surface area contributed by atoms with E-state index < -0.39 is 5.82 Å². The van der Waals surface area contributed by atoms with Crippen LogP contribution < -0.4 is 0 Å².